The van der Waals surface area contributed by atoms with Gasteiger partial charge in [-0.15, -0.1) is 0 Å². The van der Waals surface area contributed by atoms with Crippen LogP contribution in [0.5, 0.6) is 0 Å². The standard InChI is InChI=1S/C10H15F3N2O3/c11-10(12,13)3-4-14-9(18)15-7-2-1-6(5-7)8(16)17/h6-7H,1-5H2,(H,16,17)(H2,14,15,18)/t6-,7+/m1/s1. The van der Waals surface area contributed by atoms with Crippen molar-refractivity contribution in [2.75, 3.05) is 6.54 Å². The van der Waals surface area contributed by atoms with Crippen LogP contribution in [-0.2, 0) is 4.79 Å². The molecule has 1 saturated carbocycles. The molecule has 8 heteroatoms. The molecule has 0 radical (unpaired) electrons. The zero-order valence-corrected chi connectivity index (χ0v) is 9.59. The van der Waals surface area contributed by atoms with E-state index >= 15 is 0 Å². The summed E-state index contributed by atoms with van der Waals surface area (Å²) in [5, 5.41) is 13.3. The first-order valence-electron chi connectivity index (χ1n) is 5.62. The predicted molar refractivity (Wildman–Crippen MR) is 56.0 cm³/mol. The second-order valence-electron chi connectivity index (χ2n) is 4.31. The summed E-state index contributed by atoms with van der Waals surface area (Å²) in [7, 11) is 0. The van der Waals surface area contributed by atoms with E-state index in [-0.39, 0.29) is 6.04 Å². The van der Waals surface area contributed by atoms with Gasteiger partial charge in [0.25, 0.3) is 0 Å². The number of carbonyl (C=O) groups is 2. The summed E-state index contributed by atoms with van der Waals surface area (Å²) in [5.74, 6) is -1.39. The van der Waals surface area contributed by atoms with E-state index in [4.69, 9.17) is 5.11 Å². The summed E-state index contributed by atoms with van der Waals surface area (Å²) < 4.78 is 35.4. The van der Waals surface area contributed by atoms with Crippen LogP contribution in [0.3, 0.4) is 0 Å². The van der Waals surface area contributed by atoms with Gasteiger partial charge in [0, 0.05) is 12.6 Å². The van der Waals surface area contributed by atoms with Gasteiger partial charge in [-0.05, 0) is 19.3 Å². The molecule has 0 bridgehead atoms. The first kappa shape index (κ1) is 14.6. The summed E-state index contributed by atoms with van der Waals surface area (Å²) in [5.41, 5.74) is 0. The molecule has 0 aromatic rings. The van der Waals surface area contributed by atoms with Gasteiger partial charge in [0.05, 0.1) is 12.3 Å². The van der Waals surface area contributed by atoms with Crippen LogP contribution in [0.15, 0.2) is 0 Å². The lowest BCUT2D eigenvalue weighted by Crippen LogP contribution is -2.42. The fourth-order valence-corrected chi connectivity index (χ4v) is 1.89. The Morgan fingerprint density at radius 3 is 2.44 bits per heavy atom. The topological polar surface area (TPSA) is 78.4 Å². The zero-order chi connectivity index (χ0) is 13.8. The number of halogens is 3. The van der Waals surface area contributed by atoms with Gasteiger partial charge in [0.2, 0.25) is 0 Å². The number of carboxylic acid groups (broad SMARTS) is 1. The quantitative estimate of drug-likeness (QED) is 0.722. The van der Waals surface area contributed by atoms with Crippen molar-refractivity contribution in [3.8, 4) is 0 Å². The molecule has 0 aromatic heterocycles. The molecule has 1 aliphatic rings. The molecule has 5 nitrogen and oxygen atoms in total. The maximum Gasteiger partial charge on any atom is 0.390 e. The van der Waals surface area contributed by atoms with Crippen LogP contribution in [0.1, 0.15) is 25.7 Å². The number of nitrogens with one attached hydrogen (secondary N) is 2. The van der Waals surface area contributed by atoms with Gasteiger partial charge in [0.1, 0.15) is 0 Å². The first-order valence-corrected chi connectivity index (χ1v) is 5.62. The van der Waals surface area contributed by atoms with Crippen molar-refractivity contribution in [1.29, 1.82) is 0 Å². The van der Waals surface area contributed by atoms with E-state index in [9.17, 15) is 22.8 Å². The van der Waals surface area contributed by atoms with Gasteiger partial charge in [-0.25, -0.2) is 4.79 Å². The van der Waals surface area contributed by atoms with Crippen molar-refractivity contribution < 1.29 is 27.9 Å². The number of carboxylic acids is 1. The normalized spacial score (nSPS) is 23.7. The molecule has 104 valence electrons. The van der Waals surface area contributed by atoms with Crippen molar-refractivity contribution in [3.63, 3.8) is 0 Å². The van der Waals surface area contributed by atoms with Crippen LogP contribution in [0.25, 0.3) is 0 Å². The number of urea groups is 1. The smallest absolute Gasteiger partial charge is 0.390 e. The largest absolute Gasteiger partial charge is 0.481 e. The second-order valence-corrected chi connectivity index (χ2v) is 4.31. The fourth-order valence-electron chi connectivity index (χ4n) is 1.89. The first-order chi connectivity index (χ1) is 8.28. The van der Waals surface area contributed by atoms with Gasteiger partial charge in [-0.1, -0.05) is 0 Å². The number of hydrogen-bond acceptors (Lipinski definition) is 2. The van der Waals surface area contributed by atoms with Gasteiger partial charge < -0.3 is 15.7 Å². The summed E-state index contributed by atoms with van der Waals surface area (Å²) in [6.45, 7) is -0.482. The second kappa shape index (κ2) is 5.92. The molecule has 0 aliphatic heterocycles. The monoisotopic (exact) mass is 268 g/mol. The van der Waals surface area contributed by atoms with Crippen LogP contribution < -0.4 is 10.6 Å². The predicted octanol–water partition coefficient (Wildman–Crippen LogP) is 1.49. The number of hydrogen-bond donors (Lipinski definition) is 3. The third-order valence-electron chi connectivity index (χ3n) is 2.81. The number of alkyl halides is 3. The van der Waals surface area contributed by atoms with E-state index in [0.717, 1.165) is 0 Å². The Labute approximate surface area is 102 Å². The Kier molecular flexibility index (Phi) is 4.80. The Balaban J connectivity index is 2.20. The lowest BCUT2D eigenvalue weighted by atomic mass is 10.1. The van der Waals surface area contributed by atoms with E-state index in [1.54, 1.807) is 0 Å². The molecule has 2 amide bonds. The van der Waals surface area contributed by atoms with Crippen LogP contribution in [-0.4, -0.2) is 35.9 Å². The van der Waals surface area contributed by atoms with E-state index < -0.39 is 37.1 Å². The molecule has 0 saturated heterocycles. The van der Waals surface area contributed by atoms with Crippen molar-refractivity contribution in [2.24, 2.45) is 5.92 Å². The van der Waals surface area contributed by atoms with Crippen LogP contribution in [0, 0.1) is 5.92 Å². The molecular formula is C10H15F3N2O3. The third kappa shape index (κ3) is 5.24. The van der Waals surface area contributed by atoms with Crippen LogP contribution >= 0.6 is 0 Å². The molecule has 18 heavy (non-hydrogen) atoms. The van der Waals surface area contributed by atoms with Crippen LogP contribution in [0.2, 0.25) is 0 Å². The van der Waals surface area contributed by atoms with Gasteiger partial charge in [-0.2, -0.15) is 13.2 Å². The molecule has 1 fully saturated rings. The van der Waals surface area contributed by atoms with E-state index in [2.05, 4.69) is 10.6 Å². The molecule has 0 spiro atoms. The Hall–Kier alpha value is -1.47. The summed E-state index contributed by atoms with van der Waals surface area (Å²) in [6, 6.07) is -0.965. The van der Waals surface area contributed by atoms with Gasteiger partial charge in [0.15, 0.2) is 0 Å². The molecule has 1 aliphatic carbocycles. The molecule has 0 aromatic carbocycles. The Morgan fingerprint density at radius 1 is 1.28 bits per heavy atom. The minimum Gasteiger partial charge on any atom is -0.481 e. The highest BCUT2D eigenvalue weighted by Crippen LogP contribution is 2.25. The zero-order valence-electron chi connectivity index (χ0n) is 9.59. The molecular weight excluding hydrogens is 253 g/mol. The third-order valence-corrected chi connectivity index (χ3v) is 2.81. The summed E-state index contributed by atoms with van der Waals surface area (Å²) >= 11 is 0. The van der Waals surface area contributed by atoms with Crippen molar-refractivity contribution in [2.45, 2.75) is 37.9 Å². The lowest BCUT2D eigenvalue weighted by Gasteiger charge is -2.13. The SMILES string of the molecule is O=C(NCCC(F)(F)F)N[C@H]1CC[C@@H](C(=O)O)C1. The molecule has 2 atom stereocenters. The molecule has 1 rings (SSSR count). The molecule has 0 unspecified atom stereocenters. The summed E-state index contributed by atoms with van der Waals surface area (Å²) in [6.07, 6.45) is -4.05. The minimum absolute atomic E-state index is 0.281. The van der Waals surface area contributed by atoms with Crippen molar-refractivity contribution in [3.05, 3.63) is 0 Å². The fraction of sp³-hybridized carbons (Fsp3) is 0.800. The maximum absolute atomic E-state index is 11.8. The van der Waals surface area contributed by atoms with Crippen LogP contribution in [0.4, 0.5) is 18.0 Å². The Bertz CT molecular complexity index is 320. The highest BCUT2D eigenvalue weighted by molar-refractivity contribution is 5.75. The lowest BCUT2D eigenvalue weighted by molar-refractivity contribution is -0.141. The maximum atomic E-state index is 11.8. The molecule has 0 heterocycles. The van der Waals surface area contributed by atoms with Gasteiger partial charge >= 0.3 is 18.2 Å². The Morgan fingerprint density at radius 2 is 1.94 bits per heavy atom. The highest BCUT2D eigenvalue weighted by Gasteiger charge is 2.31. The summed E-state index contributed by atoms with van der Waals surface area (Å²) in [4.78, 5) is 21.9. The van der Waals surface area contributed by atoms with E-state index in [1.807, 2.05) is 0 Å². The van der Waals surface area contributed by atoms with Crippen molar-refractivity contribution in [1.82, 2.24) is 10.6 Å². The van der Waals surface area contributed by atoms with Crippen molar-refractivity contribution >= 4 is 12.0 Å². The van der Waals surface area contributed by atoms with E-state index in [1.165, 1.54) is 0 Å². The highest BCUT2D eigenvalue weighted by atomic mass is 19.4. The van der Waals surface area contributed by atoms with E-state index in [0.29, 0.717) is 19.3 Å². The molecule has 3 N–H and O–H groups in total. The number of carbonyl (C=O) groups excluding carboxylic acids is 1. The number of aliphatic carboxylic acids is 1. The number of rotatable bonds is 4. The minimum atomic E-state index is -4.30. The average molecular weight is 268 g/mol. The number of amides is 2. The average Bonchev–Trinajstić information content (AvgIpc) is 2.64. The van der Waals surface area contributed by atoms with Gasteiger partial charge in [-0.3, -0.25) is 4.79 Å².